The van der Waals surface area contributed by atoms with E-state index < -0.39 is 12.1 Å². The Labute approximate surface area is 106 Å². The summed E-state index contributed by atoms with van der Waals surface area (Å²) in [7, 11) is 0. The van der Waals surface area contributed by atoms with Gasteiger partial charge in [-0.05, 0) is 38.5 Å². The SMILES string of the molecule is NC1CCCC(NC2CCCC(C(F)(F)F)C2)C1. The summed E-state index contributed by atoms with van der Waals surface area (Å²) < 4.78 is 38.1. The number of hydrogen-bond donors (Lipinski definition) is 2. The van der Waals surface area contributed by atoms with Gasteiger partial charge in [0.1, 0.15) is 0 Å². The highest BCUT2D eigenvalue weighted by molar-refractivity contribution is 4.87. The fourth-order valence-corrected chi connectivity index (χ4v) is 3.35. The van der Waals surface area contributed by atoms with E-state index in [0.29, 0.717) is 18.9 Å². The predicted molar refractivity (Wildman–Crippen MR) is 65.2 cm³/mol. The minimum atomic E-state index is -4.02. The smallest absolute Gasteiger partial charge is 0.328 e. The van der Waals surface area contributed by atoms with E-state index in [1.165, 1.54) is 0 Å². The lowest BCUT2D eigenvalue weighted by atomic mass is 9.83. The Bertz CT molecular complexity index is 267. The molecule has 0 amide bonds. The zero-order chi connectivity index (χ0) is 13.2. The Morgan fingerprint density at radius 2 is 1.50 bits per heavy atom. The van der Waals surface area contributed by atoms with Crippen molar-refractivity contribution in [3.63, 3.8) is 0 Å². The maximum Gasteiger partial charge on any atom is 0.391 e. The summed E-state index contributed by atoms with van der Waals surface area (Å²) >= 11 is 0. The minimum absolute atomic E-state index is 0.0284. The molecule has 4 atom stereocenters. The molecule has 18 heavy (non-hydrogen) atoms. The molecule has 2 aliphatic rings. The van der Waals surface area contributed by atoms with Crippen molar-refractivity contribution in [1.29, 1.82) is 0 Å². The van der Waals surface area contributed by atoms with Crippen molar-refractivity contribution in [1.82, 2.24) is 5.32 Å². The van der Waals surface area contributed by atoms with Crippen molar-refractivity contribution in [3.8, 4) is 0 Å². The second kappa shape index (κ2) is 5.78. The molecule has 0 saturated heterocycles. The van der Waals surface area contributed by atoms with E-state index in [-0.39, 0.29) is 18.5 Å². The lowest BCUT2D eigenvalue weighted by Gasteiger charge is -2.36. The number of alkyl halides is 3. The van der Waals surface area contributed by atoms with Crippen LogP contribution < -0.4 is 11.1 Å². The molecule has 0 aromatic carbocycles. The monoisotopic (exact) mass is 264 g/mol. The van der Waals surface area contributed by atoms with Crippen LogP contribution in [0.25, 0.3) is 0 Å². The molecule has 0 aromatic rings. The van der Waals surface area contributed by atoms with Gasteiger partial charge in [-0.1, -0.05) is 12.8 Å². The standard InChI is InChI=1S/C13H23F3N2/c14-13(15,16)9-3-1-5-11(7-9)18-12-6-2-4-10(17)8-12/h9-12,18H,1-8,17H2. The van der Waals surface area contributed by atoms with Crippen LogP contribution in [0.4, 0.5) is 13.2 Å². The van der Waals surface area contributed by atoms with Gasteiger partial charge in [-0.3, -0.25) is 0 Å². The van der Waals surface area contributed by atoms with Gasteiger partial charge in [0.25, 0.3) is 0 Å². The molecule has 0 heterocycles. The summed E-state index contributed by atoms with van der Waals surface area (Å²) in [4.78, 5) is 0. The first-order valence-corrected chi connectivity index (χ1v) is 7.03. The largest absolute Gasteiger partial charge is 0.391 e. The number of nitrogens with two attached hydrogens (primary N) is 1. The third kappa shape index (κ3) is 3.85. The van der Waals surface area contributed by atoms with E-state index in [1.54, 1.807) is 0 Å². The van der Waals surface area contributed by atoms with E-state index in [4.69, 9.17) is 5.73 Å². The lowest BCUT2D eigenvalue weighted by Crippen LogP contribution is -2.47. The van der Waals surface area contributed by atoms with E-state index in [9.17, 15) is 13.2 Å². The first-order valence-electron chi connectivity index (χ1n) is 7.03. The number of hydrogen-bond acceptors (Lipinski definition) is 2. The highest BCUT2D eigenvalue weighted by atomic mass is 19.4. The van der Waals surface area contributed by atoms with Crippen molar-refractivity contribution in [2.45, 2.75) is 75.7 Å². The zero-order valence-electron chi connectivity index (χ0n) is 10.7. The average molecular weight is 264 g/mol. The van der Waals surface area contributed by atoms with Crippen LogP contribution in [-0.4, -0.2) is 24.3 Å². The third-order valence-electron chi connectivity index (χ3n) is 4.32. The molecule has 0 bridgehead atoms. The summed E-state index contributed by atoms with van der Waals surface area (Å²) in [5.41, 5.74) is 5.91. The average Bonchev–Trinajstić information content (AvgIpc) is 2.28. The Morgan fingerprint density at radius 3 is 2.11 bits per heavy atom. The first kappa shape index (κ1) is 14.1. The Hall–Kier alpha value is -0.290. The second-order valence-electron chi connectivity index (χ2n) is 5.89. The summed E-state index contributed by atoms with van der Waals surface area (Å²) in [6.07, 6.45) is 2.18. The molecule has 0 spiro atoms. The Morgan fingerprint density at radius 1 is 0.889 bits per heavy atom. The molecule has 3 N–H and O–H groups in total. The van der Waals surface area contributed by atoms with Crippen LogP contribution >= 0.6 is 0 Å². The molecule has 2 rings (SSSR count). The fraction of sp³-hybridized carbons (Fsp3) is 1.00. The van der Waals surface area contributed by atoms with Crippen molar-refractivity contribution in [2.24, 2.45) is 11.7 Å². The number of halogens is 3. The summed E-state index contributed by atoms with van der Waals surface area (Å²) in [6, 6.07) is 0.574. The Balaban J connectivity index is 1.82. The molecule has 2 fully saturated rings. The van der Waals surface area contributed by atoms with Gasteiger partial charge in [0, 0.05) is 18.1 Å². The molecule has 2 nitrogen and oxygen atoms in total. The highest BCUT2D eigenvalue weighted by Gasteiger charge is 2.42. The molecule has 4 unspecified atom stereocenters. The van der Waals surface area contributed by atoms with Crippen LogP contribution in [0.2, 0.25) is 0 Å². The van der Waals surface area contributed by atoms with Gasteiger partial charge in [0.2, 0.25) is 0 Å². The van der Waals surface area contributed by atoms with Crippen LogP contribution in [0.15, 0.2) is 0 Å². The minimum Gasteiger partial charge on any atom is -0.328 e. The van der Waals surface area contributed by atoms with E-state index in [2.05, 4.69) is 5.32 Å². The normalized spacial score (nSPS) is 38.7. The van der Waals surface area contributed by atoms with Gasteiger partial charge in [-0.2, -0.15) is 13.2 Å². The highest BCUT2D eigenvalue weighted by Crippen LogP contribution is 2.37. The van der Waals surface area contributed by atoms with Crippen LogP contribution in [0.5, 0.6) is 0 Å². The van der Waals surface area contributed by atoms with Crippen molar-refractivity contribution in [3.05, 3.63) is 0 Å². The van der Waals surface area contributed by atoms with Crippen molar-refractivity contribution >= 4 is 0 Å². The van der Waals surface area contributed by atoms with Crippen LogP contribution in [0, 0.1) is 5.92 Å². The topological polar surface area (TPSA) is 38.0 Å². The molecule has 0 aromatic heterocycles. The van der Waals surface area contributed by atoms with Crippen molar-refractivity contribution < 1.29 is 13.2 Å². The zero-order valence-corrected chi connectivity index (χ0v) is 10.7. The van der Waals surface area contributed by atoms with Crippen molar-refractivity contribution in [2.75, 3.05) is 0 Å². The van der Waals surface area contributed by atoms with Crippen LogP contribution in [-0.2, 0) is 0 Å². The van der Waals surface area contributed by atoms with Gasteiger partial charge in [-0.25, -0.2) is 0 Å². The van der Waals surface area contributed by atoms with Gasteiger partial charge in [0.05, 0.1) is 5.92 Å². The summed E-state index contributed by atoms with van der Waals surface area (Å²) in [6.45, 7) is 0. The van der Waals surface area contributed by atoms with Gasteiger partial charge in [-0.15, -0.1) is 0 Å². The van der Waals surface area contributed by atoms with Gasteiger partial charge >= 0.3 is 6.18 Å². The van der Waals surface area contributed by atoms with Gasteiger partial charge in [0.15, 0.2) is 0 Å². The molecule has 2 saturated carbocycles. The molecule has 0 radical (unpaired) electrons. The predicted octanol–water partition coefficient (Wildman–Crippen LogP) is 2.97. The van der Waals surface area contributed by atoms with Gasteiger partial charge < -0.3 is 11.1 Å². The molecule has 2 aliphatic carbocycles. The lowest BCUT2D eigenvalue weighted by molar-refractivity contribution is -0.183. The fourth-order valence-electron chi connectivity index (χ4n) is 3.35. The quantitative estimate of drug-likeness (QED) is 0.804. The third-order valence-corrected chi connectivity index (χ3v) is 4.32. The summed E-state index contributed by atoms with van der Waals surface area (Å²) in [5, 5.41) is 3.41. The van der Waals surface area contributed by atoms with E-state index in [1.807, 2.05) is 0 Å². The Kier molecular flexibility index (Phi) is 4.54. The number of nitrogens with one attached hydrogen (secondary N) is 1. The van der Waals surface area contributed by atoms with Crippen LogP contribution in [0.3, 0.4) is 0 Å². The first-order chi connectivity index (χ1) is 8.45. The maximum atomic E-state index is 12.7. The van der Waals surface area contributed by atoms with E-state index >= 15 is 0 Å². The summed E-state index contributed by atoms with van der Waals surface area (Å²) in [5.74, 6) is -1.11. The van der Waals surface area contributed by atoms with Crippen LogP contribution in [0.1, 0.15) is 51.4 Å². The molecule has 5 heteroatoms. The number of rotatable bonds is 2. The molecular formula is C13H23F3N2. The molecule has 106 valence electrons. The maximum absolute atomic E-state index is 12.7. The molecule has 0 aliphatic heterocycles. The van der Waals surface area contributed by atoms with E-state index in [0.717, 1.165) is 32.1 Å². The molecular weight excluding hydrogens is 241 g/mol. The second-order valence-corrected chi connectivity index (χ2v) is 5.89.